The van der Waals surface area contributed by atoms with Gasteiger partial charge in [0.15, 0.2) is 0 Å². The quantitative estimate of drug-likeness (QED) is 0.540. The maximum Gasteiger partial charge on any atom is 0.242 e. The highest BCUT2D eigenvalue weighted by Gasteiger charge is 2.26. The molecule has 162 valence electrons. The molecule has 0 aliphatic carbocycles. The Bertz CT molecular complexity index is 878. The number of carbonyl (C=O) groups is 2. The molecule has 4 nitrogen and oxygen atoms in total. The molecule has 30 heavy (non-hydrogen) atoms. The Labute approximate surface area is 191 Å². The van der Waals surface area contributed by atoms with Crippen LogP contribution >= 0.6 is 35.0 Å². The number of rotatable bonds is 9. The van der Waals surface area contributed by atoms with Crippen molar-refractivity contribution in [2.45, 2.75) is 45.2 Å². The van der Waals surface area contributed by atoms with E-state index in [1.165, 1.54) is 28.8 Å². The zero-order valence-corrected chi connectivity index (χ0v) is 19.5. The van der Waals surface area contributed by atoms with Gasteiger partial charge in [-0.15, -0.1) is 11.8 Å². The van der Waals surface area contributed by atoms with Crippen molar-refractivity contribution < 1.29 is 14.0 Å². The second-order valence-electron chi connectivity index (χ2n) is 7.23. The van der Waals surface area contributed by atoms with Gasteiger partial charge in [0.1, 0.15) is 11.9 Å². The van der Waals surface area contributed by atoms with Crippen molar-refractivity contribution >= 4 is 46.8 Å². The Balaban J connectivity index is 2.09. The number of carbonyl (C=O) groups excluding carboxylic acids is 2. The first-order valence-corrected chi connectivity index (χ1v) is 11.4. The summed E-state index contributed by atoms with van der Waals surface area (Å²) in [6, 6.07) is 10.6. The van der Waals surface area contributed by atoms with Crippen LogP contribution in [0.25, 0.3) is 0 Å². The first kappa shape index (κ1) is 24.5. The molecule has 8 heteroatoms. The van der Waals surface area contributed by atoms with Gasteiger partial charge in [-0.3, -0.25) is 9.59 Å². The maximum absolute atomic E-state index is 13.0. The lowest BCUT2D eigenvalue weighted by Crippen LogP contribution is -2.49. The molecule has 2 aromatic carbocycles. The number of nitrogens with zero attached hydrogens (tertiary/aromatic N) is 1. The summed E-state index contributed by atoms with van der Waals surface area (Å²) in [5, 5.41) is 3.67. The van der Waals surface area contributed by atoms with Gasteiger partial charge in [0.25, 0.3) is 0 Å². The Morgan fingerprint density at radius 1 is 1.03 bits per heavy atom. The van der Waals surface area contributed by atoms with Gasteiger partial charge in [0.05, 0.1) is 15.8 Å². The lowest BCUT2D eigenvalue weighted by Gasteiger charge is -2.29. The Morgan fingerprint density at radius 3 is 2.27 bits per heavy atom. The van der Waals surface area contributed by atoms with E-state index in [0.717, 1.165) is 11.1 Å². The van der Waals surface area contributed by atoms with Gasteiger partial charge in [-0.2, -0.15) is 0 Å². The molecule has 2 amide bonds. The van der Waals surface area contributed by atoms with Crippen LogP contribution in [0, 0.1) is 5.82 Å². The molecule has 0 spiro atoms. The number of amides is 2. The second-order valence-corrected chi connectivity index (χ2v) is 9.03. The van der Waals surface area contributed by atoms with Gasteiger partial charge in [0, 0.05) is 18.3 Å². The van der Waals surface area contributed by atoms with E-state index in [9.17, 15) is 14.0 Å². The average Bonchev–Trinajstić information content (AvgIpc) is 2.69. The first-order valence-electron chi connectivity index (χ1n) is 9.53. The Hall–Kier alpha value is -1.76. The van der Waals surface area contributed by atoms with Gasteiger partial charge in [-0.1, -0.05) is 41.4 Å². The first-order chi connectivity index (χ1) is 14.2. The molecule has 2 aromatic rings. The molecular weight excluding hydrogens is 446 g/mol. The Kier molecular flexibility index (Phi) is 9.46. The minimum Gasteiger partial charge on any atom is -0.352 e. The van der Waals surface area contributed by atoms with Crippen LogP contribution in [-0.2, 0) is 21.9 Å². The van der Waals surface area contributed by atoms with Crippen molar-refractivity contribution in [3.05, 3.63) is 69.5 Å². The van der Waals surface area contributed by atoms with Gasteiger partial charge < -0.3 is 10.2 Å². The number of hydrogen-bond acceptors (Lipinski definition) is 3. The highest BCUT2D eigenvalue weighted by Crippen LogP contribution is 2.24. The summed E-state index contributed by atoms with van der Waals surface area (Å²) in [4.78, 5) is 27.1. The topological polar surface area (TPSA) is 49.4 Å². The van der Waals surface area contributed by atoms with Crippen LogP contribution in [0.2, 0.25) is 10.0 Å². The van der Waals surface area contributed by atoms with Crippen LogP contribution in [0.15, 0.2) is 42.5 Å². The van der Waals surface area contributed by atoms with E-state index in [0.29, 0.717) is 15.8 Å². The van der Waals surface area contributed by atoms with Crippen LogP contribution in [0.4, 0.5) is 4.39 Å². The molecule has 0 saturated heterocycles. The Morgan fingerprint density at radius 2 is 1.67 bits per heavy atom. The zero-order chi connectivity index (χ0) is 22.3. The summed E-state index contributed by atoms with van der Waals surface area (Å²) in [5.41, 5.74) is 1.71. The SMILES string of the molecule is CC(C)NC(=O)[C@H](C)N(Cc1ccc(Cl)c(Cl)c1)C(=O)CSCc1ccc(F)cc1. The molecule has 0 heterocycles. The van der Waals surface area contributed by atoms with E-state index in [1.54, 1.807) is 37.3 Å². The molecule has 0 unspecified atom stereocenters. The van der Waals surface area contributed by atoms with Crippen molar-refractivity contribution in [3.63, 3.8) is 0 Å². The summed E-state index contributed by atoms with van der Waals surface area (Å²) in [6.45, 7) is 5.68. The third-order valence-corrected chi connectivity index (χ3v) is 6.07. The fourth-order valence-electron chi connectivity index (χ4n) is 2.74. The largest absolute Gasteiger partial charge is 0.352 e. The lowest BCUT2D eigenvalue weighted by atomic mass is 10.1. The molecule has 0 aliphatic heterocycles. The van der Waals surface area contributed by atoms with E-state index in [1.807, 2.05) is 13.8 Å². The van der Waals surface area contributed by atoms with Gasteiger partial charge in [0.2, 0.25) is 11.8 Å². The van der Waals surface area contributed by atoms with Gasteiger partial charge in [-0.25, -0.2) is 4.39 Å². The van der Waals surface area contributed by atoms with E-state index >= 15 is 0 Å². The average molecular weight is 471 g/mol. The highest BCUT2D eigenvalue weighted by atomic mass is 35.5. The van der Waals surface area contributed by atoms with E-state index in [2.05, 4.69) is 5.32 Å². The number of hydrogen-bond donors (Lipinski definition) is 1. The highest BCUT2D eigenvalue weighted by molar-refractivity contribution is 7.99. The number of nitrogens with one attached hydrogen (secondary N) is 1. The summed E-state index contributed by atoms with van der Waals surface area (Å²) in [7, 11) is 0. The normalized spacial score (nSPS) is 12.0. The minimum absolute atomic E-state index is 0.0327. The molecule has 1 N–H and O–H groups in total. The van der Waals surface area contributed by atoms with Crippen molar-refractivity contribution in [3.8, 4) is 0 Å². The molecule has 0 aromatic heterocycles. The summed E-state index contributed by atoms with van der Waals surface area (Å²) < 4.78 is 13.0. The van der Waals surface area contributed by atoms with Crippen LogP contribution in [0.1, 0.15) is 31.9 Å². The summed E-state index contributed by atoms with van der Waals surface area (Å²) >= 11 is 13.5. The predicted octanol–water partition coefficient (Wildman–Crippen LogP) is 5.31. The maximum atomic E-state index is 13.0. The minimum atomic E-state index is -0.652. The van der Waals surface area contributed by atoms with Crippen LogP contribution in [0.3, 0.4) is 0 Å². The van der Waals surface area contributed by atoms with Crippen molar-refractivity contribution in [2.75, 3.05) is 5.75 Å². The number of benzene rings is 2. The van der Waals surface area contributed by atoms with E-state index < -0.39 is 6.04 Å². The third kappa shape index (κ3) is 7.49. The molecule has 0 radical (unpaired) electrons. The smallest absolute Gasteiger partial charge is 0.242 e. The molecular formula is C22H25Cl2FN2O2S. The monoisotopic (exact) mass is 470 g/mol. The lowest BCUT2D eigenvalue weighted by molar-refractivity contribution is -0.138. The zero-order valence-electron chi connectivity index (χ0n) is 17.1. The fraction of sp³-hybridized carbons (Fsp3) is 0.364. The summed E-state index contributed by atoms with van der Waals surface area (Å²) in [6.07, 6.45) is 0. The van der Waals surface area contributed by atoms with Gasteiger partial charge >= 0.3 is 0 Å². The van der Waals surface area contributed by atoms with Gasteiger partial charge in [-0.05, 0) is 56.2 Å². The van der Waals surface area contributed by atoms with Crippen molar-refractivity contribution in [1.29, 1.82) is 0 Å². The second kappa shape index (κ2) is 11.6. The number of thioether (sulfide) groups is 1. The molecule has 0 aliphatic rings. The van der Waals surface area contributed by atoms with Crippen LogP contribution in [-0.4, -0.2) is 34.6 Å². The van der Waals surface area contributed by atoms with Crippen molar-refractivity contribution in [2.24, 2.45) is 0 Å². The van der Waals surface area contributed by atoms with E-state index in [-0.39, 0.29) is 36.0 Å². The molecule has 1 atom stereocenters. The summed E-state index contributed by atoms with van der Waals surface area (Å²) in [5.74, 6) is 0.0798. The van der Waals surface area contributed by atoms with Crippen LogP contribution in [0.5, 0.6) is 0 Å². The fourth-order valence-corrected chi connectivity index (χ4v) is 3.93. The predicted molar refractivity (Wildman–Crippen MR) is 122 cm³/mol. The van der Waals surface area contributed by atoms with Crippen LogP contribution < -0.4 is 5.32 Å². The van der Waals surface area contributed by atoms with Crippen molar-refractivity contribution in [1.82, 2.24) is 10.2 Å². The molecule has 0 fully saturated rings. The molecule has 0 bridgehead atoms. The molecule has 0 saturated carbocycles. The number of halogens is 3. The molecule has 2 rings (SSSR count). The van der Waals surface area contributed by atoms with E-state index in [4.69, 9.17) is 23.2 Å². The third-order valence-electron chi connectivity index (χ3n) is 4.34. The standard InChI is InChI=1S/C22H25Cl2FN2O2S/c1-14(2)26-22(29)15(3)27(11-17-6-9-19(23)20(24)10-17)21(28)13-30-12-16-4-7-18(25)8-5-16/h4-10,14-15H,11-13H2,1-3H3,(H,26,29)/t15-/m0/s1.